The third kappa shape index (κ3) is 2.40. The van der Waals surface area contributed by atoms with E-state index in [1.165, 1.54) is 0 Å². The van der Waals surface area contributed by atoms with Gasteiger partial charge in [0.2, 0.25) is 5.91 Å². The number of anilines is 1. The molecule has 0 aromatic carbocycles. The Hall–Kier alpha value is -1.76. The highest BCUT2D eigenvalue weighted by atomic mass is 32.1. The highest BCUT2D eigenvalue weighted by Crippen LogP contribution is 2.20. The molecule has 1 unspecified atom stereocenters. The fraction of sp³-hybridized carbons (Fsp3) is 0.455. The second kappa shape index (κ2) is 4.85. The number of aryl methyl sites for hydroxylation is 1. The van der Waals surface area contributed by atoms with Gasteiger partial charge in [-0.05, 0) is 19.4 Å². The van der Waals surface area contributed by atoms with Crippen LogP contribution < -0.4 is 16.4 Å². The lowest BCUT2D eigenvalue weighted by Gasteiger charge is -2.16. The molecule has 0 spiro atoms. The Balaban J connectivity index is 2.30. The highest BCUT2D eigenvalue weighted by molar-refractivity contribution is 7.80. The van der Waals surface area contributed by atoms with E-state index in [4.69, 9.17) is 18.0 Å². The van der Waals surface area contributed by atoms with Crippen LogP contribution in [0.25, 0.3) is 0 Å². The van der Waals surface area contributed by atoms with Gasteiger partial charge in [-0.1, -0.05) is 12.2 Å². The van der Waals surface area contributed by atoms with Crippen molar-refractivity contribution in [3.63, 3.8) is 0 Å². The Morgan fingerprint density at radius 1 is 1.50 bits per heavy atom. The molecule has 0 saturated carbocycles. The smallest absolute Gasteiger partial charge is 0.222 e. The van der Waals surface area contributed by atoms with E-state index in [1.807, 2.05) is 13.8 Å². The van der Waals surface area contributed by atoms with Crippen molar-refractivity contribution in [3.05, 3.63) is 16.8 Å². The number of nitrogens with zero attached hydrogens (tertiary/aromatic N) is 2. The average molecular weight is 265 g/mol. The molecular weight excluding hydrogens is 250 g/mol. The molecule has 1 aromatic heterocycles. The Morgan fingerprint density at radius 2 is 2.22 bits per heavy atom. The van der Waals surface area contributed by atoms with Crippen molar-refractivity contribution in [2.24, 2.45) is 5.73 Å². The largest absolute Gasteiger partial charge is 0.389 e. The predicted octanol–water partition coefficient (Wildman–Crippen LogP) is 0.0280. The van der Waals surface area contributed by atoms with Crippen molar-refractivity contribution in [1.82, 2.24) is 15.5 Å². The summed E-state index contributed by atoms with van der Waals surface area (Å²) in [6, 6.07) is 0.00186. The lowest BCUT2D eigenvalue weighted by Crippen LogP contribution is -2.26. The zero-order valence-electron chi connectivity index (χ0n) is 10.3. The molecule has 1 saturated heterocycles. The zero-order valence-corrected chi connectivity index (χ0v) is 11.1. The molecule has 7 heteroatoms. The number of hydrogen-bond donors (Lipinski definition) is 3. The summed E-state index contributed by atoms with van der Waals surface area (Å²) in [5.41, 5.74) is 8.14. The topological polar surface area (TPSA) is 92.9 Å². The van der Waals surface area contributed by atoms with Crippen molar-refractivity contribution < 1.29 is 4.79 Å². The van der Waals surface area contributed by atoms with Gasteiger partial charge in [0.25, 0.3) is 0 Å². The van der Waals surface area contributed by atoms with Gasteiger partial charge in [0.05, 0.1) is 17.3 Å². The molecule has 4 N–H and O–H groups in total. The lowest BCUT2D eigenvalue weighted by molar-refractivity contribution is -0.119. The van der Waals surface area contributed by atoms with Gasteiger partial charge >= 0.3 is 0 Å². The fourth-order valence-electron chi connectivity index (χ4n) is 1.91. The Bertz CT molecular complexity index is 516. The van der Waals surface area contributed by atoms with Crippen molar-refractivity contribution in [2.45, 2.75) is 26.3 Å². The van der Waals surface area contributed by atoms with E-state index >= 15 is 0 Å². The van der Waals surface area contributed by atoms with Crippen LogP contribution in [0.2, 0.25) is 0 Å². The average Bonchev–Trinajstić information content (AvgIpc) is 2.69. The molecule has 1 atom stereocenters. The minimum atomic E-state index is 0.00186. The van der Waals surface area contributed by atoms with Gasteiger partial charge < -0.3 is 16.4 Å². The summed E-state index contributed by atoms with van der Waals surface area (Å²) in [6.45, 7) is 4.33. The summed E-state index contributed by atoms with van der Waals surface area (Å²) in [6.07, 6.45) is 0.422. The molecule has 6 nitrogen and oxygen atoms in total. The molecule has 1 aliphatic rings. The summed E-state index contributed by atoms with van der Waals surface area (Å²) < 4.78 is 0. The van der Waals surface area contributed by atoms with Crippen LogP contribution in [0.15, 0.2) is 0 Å². The number of nitrogens with one attached hydrogen (secondary N) is 2. The van der Waals surface area contributed by atoms with E-state index in [0.717, 1.165) is 11.3 Å². The minimum Gasteiger partial charge on any atom is -0.389 e. The van der Waals surface area contributed by atoms with E-state index < -0.39 is 0 Å². The molecule has 96 valence electrons. The maximum absolute atomic E-state index is 11.1. The quantitative estimate of drug-likeness (QED) is 0.668. The number of rotatable bonds is 3. The van der Waals surface area contributed by atoms with E-state index in [9.17, 15) is 4.79 Å². The number of nitrogens with two attached hydrogens (primary N) is 1. The normalized spacial score (nSPS) is 18.6. The van der Waals surface area contributed by atoms with Crippen LogP contribution in [-0.4, -0.2) is 33.7 Å². The van der Waals surface area contributed by atoms with E-state index in [1.54, 1.807) is 0 Å². The van der Waals surface area contributed by atoms with Gasteiger partial charge in [-0.3, -0.25) is 4.79 Å². The molecule has 1 fully saturated rings. The molecule has 1 aliphatic heterocycles. The van der Waals surface area contributed by atoms with Gasteiger partial charge in [0, 0.05) is 13.0 Å². The Labute approximate surface area is 110 Å². The van der Waals surface area contributed by atoms with E-state index in [-0.39, 0.29) is 16.9 Å². The first-order valence-electron chi connectivity index (χ1n) is 5.66. The minimum absolute atomic E-state index is 0.00186. The lowest BCUT2D eigenvalue weighted by atomic mass is 10.1. The maximum Gasteiger partial charge on any atom is 0.222 e. The standard InChI is InChI=1S/C11H15N5OS/c1-5-6(2)15-16-11(9(5)10(12)18)14-7-3-8(17)13-4-7/h7H,3-4H2,1-2H3,(H2,12,18)(H,13,17)(H,14,16). The summed E-state index contributed by atoms with van der Waals surface area (Å²) in [5, 5.41) is 14.0. The third-order valence-corrected chi connectivity index (χ3v) is 3.22. The second-order valence-corrected chi connectivity index (χ2v) is 4.79. The van der Waals surface area contributed by atoms with E-state index in [2.05, 4.69) is 20.8 Å². The summed E-state index contributed by atoms with van der Waals surface area (Å²) >= 11 is 5.05. The third-order valence-electron chi connectivity index (χ3n) is 3.02. The van der Waals surface area contributed by atoms with Gasteiger partial charge in [-0.2, -0.15) is 5.10 Å². The van der Waals surface area contributed by atoms with Gasteiger partial charge in [0.15, 0.2) is 5.82 Å². The monoisotopic (exact) mass is 265 g/mol. The SMILES string of the molecule is Cc1nnc(NC2CNC(=O)C2)c(C(N)=S)c1C. The second-order valence-electron chi connectivity index (χ2n) is 4.35. The molecular formula is C11H15N5OS. The fourth-order valence-corrected chi connectivity index (χ4v) is 2.16. The summed E-state index contributed by atoms with van der Waals surface area (Å²) in [5.74, 6) is 0.577. The van der Waals surface area contributed by atoms with Crippen molar-refractivity contribution >= 4 is 28.9 Å². The number of aromatic nitrogens is 2. The number of hydrogen-bond acceptors (Lipinski definition) is 5. The highest BCUT2D eigenvalue weighted by Gasteiger charge is 2.23. The number of carbonyl (C=O) groups is 1. The van der Waals surface area contributed by atoms with Crippen LogP contribution in [0.5, 0.6) is 0 Å². The molecule has 1 aromatic rings. The van der Waals surface area contributed by atoms with Crippen LogP contribution in [0.4, 0.5) is 5.82 Å². The zero-order chi connectivity index (χ0) is 13.3. The number of carbonyl (C=O) groups excluding carboxylic acids is 1. The first-order chi connectivity index (χ1) is 8.49. The summed E-state index contributed by atoms with van der Waals surface area (Å²) in [7, 11) is 0. The Kier molecular flexibility index (Phi) is 3.42. The molecule has 1 amide bonds. The van der Waals surface area contributed by atoms with Crippen molar-refractivity contribution in [2.75, 3.05) is 11.9 Å². The number of amides is 1. The summed E-state index contributed by atoms with van der Waals surface area (Å²) in [4.78, 5) is 11.4. The van der Waals surface area contributed by atoms with Crippen LogP contribution in [0.1, 0.15) is 23.2 Å². The first-order valence-corrected chi connectivity index (χ1v) is 6.06. The molecule has 18 heavy (non-hydrogen) atoms. The van der Waals surface area contributed by atoms with Gasteiger partial charge in [-0.25, -0.2) is 0 Å². The van der Waals surface area contributed by atoms with Gasteiger partial charge in [0.1, 0.15) is 4.99 Å². The Morgan fingerprint density at radius 3 is 2.78 bits per heavy atom. The predicted molar refractivity (Wildman–Crippen MR) is 72.4 cm³/mol. The van der Waals surface area contributed by atoms with E-state index in [0.29, 0.717) is 24.3 Å². The molecule has 0 radical (unpaired) electrons. The molecule has 2 rings (SSSR count). The van der Waals surface area contributed by atoms with Crippen LogP contribution in [0.3, 0.4) is 0 Å². The number of thiocarbonyl (C=S) groups is 1. The molecule has 0 bridgehead atoms. The van der Waals surface area contributed by atoms with Crippen molar-refractivity contribution in [1.29, 1.82) is 0 Å². The van der Waals surface area contributed by atoms with Gasteiger partial charge in [-0.15, -0.1) is 5.10 Å². The van der Waals surface area contributed by atoms with Crippen molar-refractivity contribution in [3.8, 4) is 0 Å². The van der Waals surface area contributed by atoms with Crippen LogP contribution >= 0.6 is 12.2 Å². The van der Waals surface area contributed by atoms with Crippen LogP contribution in [-0.2, 0) is 4.79 Å². The molecule has 2 heterocycles. The van der Waals surface area contributed by atoms with Crippen LogP contribution in [0, 0.1) is 13.8 Å². The maximum atomic E-state index is 11.1. The first kappa shape index (κ1) is 12.7. The molecule has 0 aliphatic carbocycles.